The van der Waals surface area contributed by atoms with Crippen LogP contribution in [0.3, 0.4) is 0 Å². The molecule has 0 saturated heterocycles. The number of hydrogen-bond acceptors (Lipinski definition) is 3. The van der Waals surface area contributed by atoms with Crippen LogP contribution >= 0.6 is 0 Å². The third-order valence-electron chi connectivity index (χ3n) is 4.01. The summed E-state index contributed by atoms with van der Waals surface area (Å²) < 4.78 is 1.90. The largest absolute Gasteiger partial charge is 0.507 e. The molecule has 0 unspecified atom stereocenters. The van der Waals surface area contributed by atoms with Gasteiger partial charge in [-0.05, 0) is 26.0 Å². The minimum Gasteiger partial charge on any atom is -0.507 e. The molecule has 0 amide bonds. The number of rotatable bonds is 3. The van der Waals surface area contributed by atoms with Gasteiger partial charge in [-0.3, -0.25) is 4.68 Å². The lowest BCUT2D eigenvalue weighted by Crippen LogP contribution is -2.02. The van der Waals surface area contributed by atoms with Gasteiger partial charge < -0.3 is 10.4 Å². The molecule has 0 bridgehead atoms. The highest BCUT2D eigenvalue weighted by Gasteiger charge is 2.10. The number of fused-ring (bicyclic) bond motifs is 1. The average Bonchev–Trinajstić information content (AvgIpc) is 2.71. The van der Waals surface area contributed by atoms with Crippen LogP contribution in [-0.2, 0) is 13.6 Å². The summed E-state index contributed by atoms with van der Waals surface area (Å²) in [5.74, 6) is 0.310. The van der Waals surface area contributed by atoms with Gasteiger partial charge in [-0.15, -0.1) is 0 Å². The molecular weight excluding hydrogens is 262 g/mol. The maximum Gasteiger partial charge on any atom is 0.123 e. The van der Waals surface area contributed by atoms with Crippen molar-refractivity contribution in [1.29, 1.82) is 0 Å². The van der Waals surface area contributed by atoms with Gasteiger partial charge in [0, 0.05) is 41.3 Å². The van der Waals surface area contributed by atoms with Gasteiger partial charge in [0.1, 0.15) is 5.75 Å². The minimum absolute atomic E-state index is 0.310. The Morgan fingerprint density at radius 3 is 2.52 bits per heavy atom. The Morgan fingerprint density at radius 1 is 1.10 bits per heavy atom. The lowest BCUT2D eigenvalue weighted by molar-refractivity contribution is 0.481. The van der Waals surface area contributed by atoms with Gasteiger partial charge >= 0.3 is 0 Å². The molecule has 2 aromatic carbocycles. The fraction of sp³-hybridized carbons (Fsp3) is 0.235. The number of aromatic nitrogens is 2. The van der Waals surface area contributed by atoms with Crippen LogP contribution in [0, 0.1) is 13.8 Å². The van der Waals surface area contributed by atoms with Gasteiger partial charge in [0.2, 0.25) is 0 Å². The van der Waals surface area contributed by atoms with E-state index >= 15 is 0 Å². The number of nitrogens with zero attached hydrogens (tertiary/aromatic N) is 2. The minimum atomic E-state index is 0.310. The molecule has 3 aromatic rings. The first kappa shape index (κ1) is 13.5. The number of benzene rings is 2. The van der Waals surface area contributed by atoms with Gasteiger partial charge in [0.25, 0.3) is 0 Å². The molecule has 1 aromatic heterocycles. The molecular formula is C17H19N3O. The van der Waals surface area contributed by atoms with Crippen LogP contribution in [0.1, 0.15) is 17.0 Å². The van der Waals surface area contributed by atoms with Gasteiger partial charge in [0.05, 0.1) is 5.69 Å². The summed E-state index contributed by atoms with van der Waals surface area (Å²) in [6, 6.07) is 11.5. The second-order valence-electron chi connectivity index (χ2n) is 5.30. The van der Waals surface area contributed by atoms with Crippen molar-refractivity contribution < 1.29 is 5.11 Å². The summed E-state index contributed by atoms with van der Waals surface area (Å²) in [6.07, 6.45) is 0. The average molecular weight is 281 g/mol. The second kappa shape index (κ2) is 5.13. The summed E-state index contributed by atoms with van der Waals surface area (Å²) in [6.45, 7) is 4.82. The van der Waals surface area contributed by atoms with E-state index in [1.54, 1.807) is 6.07 Å². The number of aryl methyl sites for hydroxylation is 2. The molecule has 0 aliphatic rings. The zero-order chi connectivity index (χ0) is 15.0. The first-order valence-electron chi connectivity index (χ1n) is 7.01. The Labute approximate surface area is 124 Å². The molecule has 4 nitrogen and oxygen atoms in total. The molecule has 0 atom stereocenters. The van der Waals surface area contributed by atoms with E-state index in [4.69, 9.17) is 0 Å². The molecule has 0 aliphatic heterocycles. The van der Waals surface area contributed by atoms with E-state index in [0.717, 1.165) is 28.7 Å². The maximum absolute atomic E-state index is 9.93. The summed E-state index contributed by atoms with van der Waals surface area (Å²) in [7, 11) is 1.96. The highest BCUT2D eigenvalue weighted by atomic mass is 16.3. The molecule has 0 saturated carbocycles. The Kier molecular flexibility index (Phi) is 3.29. The quantitative estimate of drug-likeness (QED) is 0.772. The van der Waals surface area contributed by atoms with E-state index in [9.17, 15) is 5.11 Å². The lowest BCUT2D eigenvalue weighted by atomic mass is 10.1. The van der Waals surface area contributed by atoms with Gasteiger partial charge in [-0.2, -0.15) is 5.10 Å². The van der Waals surface area contributed by atoms with Crippen LogP contribution in [0.15, 0.2) is 36.4 Å². The second-order valence-corrected chi connectivity index (χ2v) is 5.30. The molecule has 0 spiro atoms. The van der Waals surface area contributed by atoms with Crippen LogP contribution in [0.5, 0.6) is 5.75 Å². The Bertz CT molecular complexity index is 805. The number of nitrogens with one attached hydrogen (secondary N) is 1. The van der Waals surface area contributed by atoms with Crippen molar-refractivity contribution in [3.05, 3.63) is 53.3 Å². The lowest BCUT2D eigenvalue weighted by Gasteiger charge is -2.11. The fourth-order valence-electron chi connectivity index (χ4n) is 2.70. The summed E-state index contributed by atoms with van der Waals surface area (Å²) in [5.41, 5.74) is 4.45. The molecule has 4 heteroatoms. The van der Waals surface area contributed by atoms with Crippen LogP contribution < -0.4 is 5.32 Å². The number of aromatic hydroxyl groups is 1. The fourth-order valence-corrected chi connectivity index (χ4v) is 2.70. The van der Waals surface area contributed by atoms with Gasteiger partial charge in [-0.1, -0.05) is 24.3 Å². The zero-order valence-electron chi connectivity index (χ0n) is 12.5. The molecule has 21 heavy (non-hydrogen) atoms. The first-order chi connectivity index (χ1) is 10.1. The molecule has 0 aliphatic carbocycles. The van der Waals surface area contributed by atoms with Gasteiger partial charge in [-0.25, -0.2) is 0 Å². The highest BCUT2D eigenvalue weighted by Crippen LogP contribution is 2.30. The van der Waals surface area contributed by atoms with E-state index in [2.05, 4.69) is 17.3 Å². The highest BCUT2D eigenvalue weighted by molar-refractivity contribution is 5.97. The molecule has 2 N–H and O–H groups in total. The molecule has 0 radical (unpaired) electrons. The SMILES string of the molecule is Cc1nn(C)c(C)c1CNc1cccc2c(O)cccc12. The summed E-state index contributed by atoms with van der Waals surface area (Å²) >= 11 is 0. The van der Waals surface area contributed by atoms with Crippen LogP contribution in [0.2, 0.25) is 0 Å². The van der Waals surface area contributed by atoms with Crippen LogP contribution in [-0.4, -0.2) is 14.9 Å². The third kappa shape index (κ3) is 2.33. The Hall–Kier alpha value is -2.49. The smallest absolute Gasteiger partial charge is 0.123 e. The predicted molar refractivity (Wildman–Crippen MR) is 85.6 cm³/mol. The molecule has 0 fully saturated rings. The van der Waals surface area contributed by atoms with E-state index in [1.165, 1.54) is 11.3 Å². The van der Waals surface area contributed by atoms with Crippen molar-refractivity contribution in [3.8, 4) is 5.75 Å². The van der Waals surface area contributed by atoms with E-state index in [-0.39, 0.29) is 0 Å². The molecule has 3 rings (SSSR count). The van der Waals surface area contributed by atoms with Crippen molar-refractivity contribution in [2.24, 2.45) is 7.05 Å². The Morgan fingerprint density at radius 2 is 1.81 bits per heavy atom. The monoisotopic (exact) mass is 281 g/mol. The predicted octanol–water partition coefficient (Wildman–Crippen LogP) is 3.51. The number of hydrogen-bond donors (Lipinski definition) is 2. The standard InChI is InChI=1S/C17H19N3O/c1-11-15(12(2)20(3)19-11)10-18-16-8-4-7-14-13(16)6-5-9-17(14)21/h4-9,18,21H,10H2,1-3H3. The van der Waals surface area contributed by atoms with E-state index < -0.39 is 0 Å². The Balaban J connectivity index is 1.94. The third-order valence-corrected chi connectivity index (χ3v) is 4.01. The maximum atomic E-state index is 9.93. The van der Waals surface area contributed by atoms with Crippen LogP contribution in [0.4, 0.5) is 5.69 Å². The molecule has 1 heterocycles. The number of phenols is 1. The summed E-state index contributed by atoms with van der Waals surface area (Å²) in [4.78, 5) is 0. The van der Waals surface area contributed by atoms with Crippen molar-refractivity contribution in [2.75, 3.05) is 5.32 Å². The number of phenolic OH excluding ortho intramolecular Hbond substituents is 1. The molecule has 108 valence electrons. The van der Waals surface area contributed by atoms with Crippen molar-refractivity contribution in [2.45, 2.75) is 20.4 Å². The number of anilines is 1. The first-order valence-corrected chi connectivity index (χ1v) is 7.01. The topological polar surface area (TPSA) is 50.1 Å². The van der Waals surface area contributed by atoms with Crippen LogP contribution in [0.25, 0.3) is 10.8 Å². The van der Waals surface area contributed by atoms with E-state index in [1.807, 2.05) is 49.0 Å². The van der Waals surface area contributed by atoms with Crippen molar-refractivity contribution in [3.63, 3.8) is 0 Å². The van der Waals surface area contributed by atoms with Gasteiger partial charge in [0.15, 0.2) is 0 Å². The zero-order valence-corrected chi connectivity index (χ0v) is 12.5. The van der Waals surface area contributed by atoms with Crippen molar-refractivity contribution >= 4 is 16.5 Å². The van der Waals surface area contributed by atoms with Crippen molar-refractivity contribution in [1.82, 2.24) is 9.78 Å². The normalized spacial score (nSPS) is 11.0. The van der Waals surface area contributed by atoms with E-state index in [0.29, 0.717) is 5.75 Å². The summed E-state index contributed by atoms with van der Waals surface area (Å²) in [5, 5.41) is 19.7.